The maximum absolute atomic E-state index is 13.0. The van der Waals surface area contributed by atoms with Crippen molar-refractivity contribution in [1.29, 1.82) is 0 Å². The van der Waals surface area contributed by atoms with Crippen LogP contribution in [-0.2, 0) is 35.0 Å². The van der Waals surface area contributed by atoms with Gasteiger partial charge >= 0.3 is 17.9 Å². The standard InChI is InChI=1S/C39H66O8/c1-5-8-11-14-17-18-21-24-34-25-27-35(28-26-34)46-33(4)47-37(41)32-39(43,38(42)45-30-23-20-16-13-10-7-3)31-36(40)44-29-22-19-15-12-9-6-2/h25-28,33,43H,5-24,29-32H2,1-4H3. The summed E-state index contributed by atoms with van der Waals surface area (Å²) in [5, 5.41) is 11.3. The van der Waals surface area contributed by atoms with Gasteiger partial charge in [0.2, 0.25) is 6.29 Å². The molecule has 0 aliphatic carbocycles. The Morgan fingerprint density at radius 2 is 1.06 bits per heavy atom. The summed E-state index contributed by atoms with van der Waals surface area (Å²) in [5.74, 6) is -2.12. The Balaban J connectivity index is 2.62. The van der Waals surface area contributed by atoms with E-state index in [-0.39, 0.29) is 13.2 Å². The van der Waals surface area contributed by atoms with Crippen molar-refractivity contribution in [1.82, 2.24) is 0 Å². The monoisotopic (exact) mass is 662 g/mol. The van der Waals surface area contributed by atoms with E-state index in [1.807, 2.05) is 24.3 Å². The summed E-state index contributed by atoms with van der Waals surface area (Å²) in [6.07, 6.45) is 19.6. The molecule has 1 aromatic rings. The molecule has 47 heavy (non-hydrogen) atoms. The predicted octanol–water partition coefficient (Wildman–Crippen LogP) is 9.57. The SMILES string of the molecule is CCCCCCCCCc1ccc(OC(C)OC(=O)CC(O)(CC(=O)OCCCCCCCC)C(=O)OCCCCCCCC)cc1. The fraction of sp³-hybridized carbons (Fsp3) is 0.769. The van der Waals surface area contributed by atoms with E-state index in [2.05, 4.69) is 20.8 Å². The highest BCUT2D eigenvalue weighted by Crippen LogP contribution is 2.22. The lowest BCUT2D eigenvalue weighted by molar-refractivity contribution is -0.182. The normalized spacial score (nSPS) is 13.0. The lowest BCUT2D eigenvalue weighted by Crippen LogP contribution is -2.45. The number of rotatable bonds is 30. The van der Waals surface area contributed by atoms with Crippen molar-refractivity contribution in [2.45, 2.75) is 181 Å². The number of unbranched alkanes of at least 4 members (excludes halogenated alkanes) is 16. The maximum Gasteiger partial charge on any atom is 0.339 e. The fourth-order valence-electron chi connectivity index (χ4n) is 5.45. The second kappa shape index (κ2) is 27.4. The third-order valence-electron chi connectivity index (χ3n) is 8.34. The van der Waals surface area contributed by atoms with Crippen LogP contribution in [0.25, 0.3) is 0 Å². The van der Waals surface area contributed by atoms with Gasteiger partial charge in [0.1, 0.15) is 5.75 Å². The van der Waals surface area contributed by atoms with Gasteiger partial charge in [-0.3, -0.25) is 9.59 Å². The molecule has 0 heterocycles. The highest BCUT2D eigenvalue weighted by Gasteiger charge is 2.43. The second-order valence-electron chi connectivity index (χ2n) is 13.0. The van der Waals surface area contributed by atoms with Crippen LogP contribution in [0.5, 0.6) is 5.75 Å². The Hall–Kier alpha value is -2.61. The average molecular weight is 663 g/mol. The van der Waals surface area contributed by atoms with Gasteiger partial charge in [0.25, 0.3) is 0 Å². The van der Waals surface area contributed by atoms with Crippen molar-refractivity contribution >= 4 is 17.9 Å². The van der Waals surface area contributed by atoms with Crippen LogP contribution in [0, 0.1) is 0 Å². The lowest BCUT2D eigenvalue weighted by Gasteiger charge is -2.25. The third kappa shape index (κ3) is 21.8. The average Bonchev–Trinajstić information content (AvgIpc) is 3.03. The van der Waals surface area contributed by atoms with Gasteiger partial charge in [0.05, 0.1) is 26.1 Å². The van der Waals surface area contributed by atoms with Crippen LogP contribution in [0.2, 0.25) is 0 Å². The molecule has 0 saturated heterocycles. The molecule has 0 aromatic heterocycles. The van der Waals surface area contributed by atoms with Crippen LogP contribution in [0.15, 0.2) is 24.3 Å². The molecule has 2 atom stereocenters. The Bertz CT molecular complexity index is 947. The van der Waals surface area contributed by atoms with E-state index in [1.54, 1.807) is 6.92 Å². The Morgan fingerprint density at radius 3 is 1.60 bits per heavy atom. The van der Waals surface area contributed by atoms with Crippen LogP contribution in [-0.4, -0.2) is 48.1 Å². The van der Waals surface area contributed by atoms with Gasteiger partial charge < -0.3 is 24.1 Å². The summed E-state index contributed by atoms with van der Waals surface area (Å²) in [7, 11) is 0. The Morgan fingerprint density at radius 1 is 0.617 bits per heavy atom. The summed E-state index contributed by atoms with van der Waals surface area (Å²) in [6, 6.07) is 7.71. The molecule has 1 aromatic carbocycles. The van der Waals surface area contributed by atoms with E-state index in [1.165, 1.54) is 50.5 Å². The summed E-state index contributed by atoms with van der Waals surface area (Å²) in [4.78, 5) is 38.5. The van der Waals surface area contributed by atoms with Crippen LogP contribution < -0.4 is 4.74 Å². The van der Waals surface area contributed by atoms with Crippen molar-refractivity contribution < 1.29 is 38.4 Å². The third-order valence-corrected chi connectivity index (χ3v) is 8.34. The number of carbonyl (C=O) groups excluding carboxylic acids is 3. The van der Waals surface area contributed by atoms with E-state index in [4.69, 9.17) is 18.9 Å². The number of aryl methyl sites for hydroxylation is 1. The first-order valence-electron chi connectivity index (χ1n) is 18.7. The maximum atomic E-state index is 13.0. The zero-order chi connectivity index (χ0) is 34.6. The summed E-state index contributed by atoms with van der Waals surface area (Å²) in [6.45, 7) is 8.39. The van der Waals surface area contributed by atoms with Crippen LogP contribution in [0.3, 0.4) is 0 Å². The molecular weight excluding hydrogens is 596 g/mol. The van der Waals surface area contributed by atoms with Crippen molar-refractivity contribution in [2.75, 3.05) is 13.2 Å². The number of hydrogen-bond donors (Lipinski definition) is 1. The molecule has 270 valence electrons. The first-order valence-corrected chi connectivity index (χ1v) is 18.7. The highest BCUT2D eigenvalue weighted by molar-refractivity contribution is 5.90. The molecule has 0 spiro atoms. The molecular formula is C39H66O8. The minimum atomic E-state index is -2.39. The van der Waals surface area contributed by atoms with Gasteiger partial charge in [-0.05, 0) is 43.4 Å². The first-order chi connectivity index (χ1) is 22.7. The van der Waals surface area contributed by atoms with Gasteiger partial charge in [-0.25, -0.2) is 4.79 Å². The number of benzene rings is 1. The Labute approximate surface area is 285 Å². The number of esters is 3. The number of ether oxygens (including phenoxy) is 4. The lowest BCUT2D eigenvalue weighted by atomic mass is 9.95. The van der Waals surface area contributed by atoms with E-state index in [0.29, 0.717) is 18.6 Å². The molecule has 1 rings (SSSR count). The molecule has 0 fully saturated rings. The Kier molecular flexibility index (Phi) is 24.7. The zero-order valence-corrected chi connectivity index (χ0v) is 30.2. The molecule has 0 saturated carbocycles. The molecule has 0 radical (unpaired) electrons. The molecule has 0 bridgehead atoms. The minimum absolute atomic E-state index is 0.101. The van der Waals surface area contributed by atoms with Crippen LogP contribution >= 0.6 is 0 Å². The molecule has 0 aliphatic heterocycles. The largest absolute Gasteiger partial charge is 0.466 e. The van der Waals surface area contributed by atoms with E-state index in [9.17, 15) is 19.5 Å². The molecule has 8 nitrogen and oxygen atoms in total. The molecule has 1 N–H and O–H groups in total. The smallest absolute Gasteiger partial charge is 0.339 e. The van der Waals surface area contributed by atoms with Crippen molar-refractivity contribution in [3.8, 4) is 5.75 Å². The van der Waals surface area contributed by atoms with Crippen LogP contribution in [0.1, 0.15) is 168 Å². The molecule has 8 heteroatoms. The summed E-state index contributed by atoms with van der Waals surface area (Å²) >= 11 is 0. The van der Waals surface area contributed by atoms with E-state index < -0.39 is 42.6 Å². The summed E-state index contributed by atoms with van der Waals surface area (Å²) < 4.78 is 21.8. The van der Waals surface area contributed by atoms with Crippen molar-refractivity contribution in [2.24, 2.45) is 0 Å². The fourth-order valence-corrected chi connectivity index (χ4v) is 5.45. The first kappa shape index (κ1) is 42.4. The van der Waals surface area contributed by atoms with E-state index in [0.717, 1.165) is 70.6 Å². The van der Waals surface area contributed by atoms with Crippen LogP contribution in [0.4, 0.5) is 0 Å². The van der Waals surface area contributed by atoms with E-state index >= 15 is 0 Å². The zero-order valence-electron chi connectivity index (χ0n) is 30.2. The number of hydrogen-bond acceptors (Lipinski definition) is 8. The predicted molar refractivity (Wildman–Crippen MR) is 187 cm³/mol. The van der Waals surface area contributed by atoms with Gasteiger partial charge in [0, 0.05) is 6.92 Å². The van der Waals surface area contributed by atoms with Crippen molar-refractivity contribution in [3.63, 3.8) is 0 Å². The topological polar surface area (TPSA) is 108 Å². The van der Waals surface area contributed by atoms with Gasteiger partial charge in [0.15, 0.2) is 5.60 Å². The highest BCUT2D eigenvalue weighted by atomic mass is 16.7. The summed E-state index contributed by atoms with van der Waals surface area (Å²) in [5.41, 5.74) is -1.17. The number of carbonyl (C=O) groups is 3. The van der Waals surface area contributed by atoms with Crippen molar-refractivity contribution in [3.05, 3.63) is 29.8 Å². The molecule has 2 unspecified atom stereocenters. The number of aliphatic hydroxyl groups is 1. The van der Waals surface area contributed by atoms with Gasteiger partial charge in [-0.2, -0.15) is 0 Å². The van der Waals surface area contributed by atoms with Gasteiger partial charge in [-0.1, -0.05) is 136 Å². The molecule has 0 aliphatic rings. The second-order valence-corrected chi connectivity index (χ2v) is 13.0. The molecule has 0 amide bonds. The quantitative estimate of drug-likeness (QED) is 0.0376. The minimum Gasteiger partial charge on any atom is -0.466 e. The van der Waals surface area contributed by atoms with Gasteiger partial charge in [-0.15, -0.1) is 0 Å².